The van der Waals surface area contributed by atoms with Gasteiger partial charge in [-0.1, -0.05) is 73.1 Å². The van der Waals surface area contributed by atoms with Crippen LogP contribution in [0.3, 0.4) is 0 Å². The van der Waals surface area contributed by atoms with E-state index < -0.39 is 6.04 Å². The van der Waals surface area contributed by atoms with E-state index in [4.69, 9.17) is 11.6 Å². The molecule has 4 nitrogen and oxygen atoms in total. The second kappa shape index (κ2) is 11.4. The van der Waals surface area contributed by atoms with E-state index in [1.54, 1.807) is 36.1 Å². The molecule has 0 aromatic heterocycles. The third kappa shape index (κ3) is 6.66. The van der Waals surface area contributed by atoms with Crippen LogP contribution in [0.25, 0.3) is 0 Å². The van der Waals surface area contributed by atoms with Crippen molar-refractivity contribution in [3.63, 3.8) is 0 Å². The van der Waals surface area contributed by atoms with Crippen molar-refractivity contribution in [2.24, 2.45) is 0 Å². The predicted molar refractivity (Wildman–Crippen MR) is 124 cm³/mol. The number of rotatable bonds is 9. The molecule has 0 aliphatic rings. The summed E-state index contributed by atoms with van der Waals surface area (Å²) in [5, 5.41) is 3.58. The van der Waals surface area contributed by atoms with E-state index in [1.165, 1.54) is 12.1 Å². The van der Waals surface area contributed by atoms with Gasteiger partial charge in [0.1, 0.15) is 11.9 Å². The van der Waals surface area contributed by atoms with Gasteiger partial charge in [0.2, 0.25) is 11.8 Å². The normalized spacial score (nSPS) is 11.6. The van der Waals surface area contributed by atoms with Gasteiger partial charge in [0.05, 0.1) is 0 Å². The van der Waals surface area contributed by atoms with Gasteiger partial charge in [-0.3, -0.25) is 9.59 Å². The van der Waals surface area contributed by atoms with E-state index in [0.717, 1.165) is 16.7 Å². The lowest BCUT2D eigenvalue weighted by Crippen LogP contribution is -2.50. The van der Waals surface area contributed by atoms with Crippen LogP contribution < -0.4 is 5.32 Å². The van der Waals surface area contributed by atoms with Gasteiger partial charge in [-0.25, -0.2) is 4.39 Å². The monoisotopic (exact) mass is 452 g/mol. The number of benzene rings is 3. The SMILES string of the molecule is CCC(=O)N(Cc1ccc(F)cc1)[C@@H](Cc1ccccc1)C(=O)NCc1ccc(Cl)cc1. The molecule has 0 aliphatic heterocycles. The molecule has 0 bridgehead atoms. The Bertz CT molecular complexity index is 1020. The standard InChI is InChI=1S/C26H26ClFN2O2/c1-2-25(31)30(18-21-10-14-23(28)15-11-21)24(16-19-6-4-3-5-7-19)26(32)29-17-20-8-12-22(27)13-9-20/h3-15,24H,2,16-18H2,1H3,(H,29,32)/t24-/m0/s1. The first-order valence-corrected chi connectivity index (χ1v) is 10.9. The first-order chi connectivity index (χ1) is 15.5. The van der Waals surface area contributed by atoms with E-state index in [1.807, 2.05) is 42.5 Å². The van der Waals surface area contributed by atoms with E-state index >= 15 is 0 Å². The number of nitrogens with zero attached hydrogens (tertiary/aromatic N) is 1. The molecule has 0 saturated heterocycles. The summed E-state index contributed by atoms with van der Waals surface area (Å²) in [6.07, 6.45) is 0.636. The molecule has 0 aliphatic carbocycles. The molecule has 0 heterocycles. The van der Waals surface area contributed by atoms with Gasteiger partial charge >= 0.3 is 0 Å². The van der Waals surface area contributed by atoms with Gasteiger partial charge in [0.25, 0.3) is 0 Å². The molecule has 166 valence electrons. The molecule has 3 aromatic rings. The fourth-order valence-corrected chi connectivity index (χ4v) is 3.58. The zero-order valence-electron chi connectivity index (χ0n) is 17.9. The molecule has 0 saturated carbocycles. The Morgan fingerprint density at radius 2 is 1.53 bits per heavy atom. The van der Waals surface area contributed by atoms with Gasteiger partial charge < -0.3 is 10.2 Å². The molecular weight excluding hydrogens is 427 g/mol. The van der Waals surface area contributed by atoms with Gasteiger partial charge in [-0.15, -0.1) is 0 Å². The second-order valence-electron chi connectivity index (χ2n) is 7.55. The Labute approximate surface area is 193 Å². The van der Waals surface area contributed by atoms with Crippen LogP contribution in [0.15, 0.2) is 78.9 Å². The van der Waals surface area contributed by atoms with Crippen LogP contribution in [-0.2, 0) is 29.1 Å². The van der Waals surface area contributed by atoms with Crippen LogP contribution in [0.4, 0.5) is 4.39 Å². The Balaban J connectivity index is 1.84. The summed E-state index contributed by atoms with van der Waals surface area (Å²) < 4.78 is 13.4. The van der Waals surface area contributed by atoms with Gasteiger partial charge in [-0.05, 0) is 41.0 Å². The van der Waals surface area contributed by atoms with Crippen molar-refractivity contribution in [3.8, 4) is 0 Å². The van der Waals surface area contributed by atoms with E-state index in [-0.39, 0.29) is 30.6 Å². The quantitative estimate of drug-likeness (QED) is 0.488. The lowest BCUT2D eigenvalue weighted by molar-refractivity contribution is -0.141. The van der Waals surface area contributed by atoms with Gasteiger partial charge in [0, 0.05) is 31.0 Å². The number of hydrogen-bond acceptors (Lipinski definition) is 2. The summed E-state index contributed by atoms with van der Waals surface area (Å²) in [4.78, 5) is 27.8. The molecule has 1 N–H and O–H groups in total. The summed E-state index contributed by atoms with van der Waals surface area (Å²) in [7, 11) is 0. The smallest absolute Gasteiger partial charge is 0.243 e. The maximum absolute atomic E-state index is 13.4. The molecule has 32 heavy (non-hydrogen) atoms. The fourth-order valence-electron chi connectivity index (χ4n) is 3.45. The molecule has 0 radical (unpaired) electrons. The molecule has 6 heteroatoms. The van der Waals surface area contributed by atoms with Crippen molar-refractivity contribution in [1.29, 1.82) is 0 Å². The van der Waals surface area contributed by atoms with E-state index in [0.29, 0.717) is 18.0 Å². The molecule has 1 atom stereocenters. The van der Waals surface area contributed by atoms with Crippen molar-refractivity contribution >= 4 is 23.4 Å². The van der Waals surface area contributed by atoms with Gasteiger partial charge in [-0.2, -0.15) is 0 Å². The highest BCUT2D eigenvalue weighted by molar-refractivity contribution is 6.30. The maximum atomic E-state index is 13.4. The largest absolute Gasteiger partial charge is 0.350 e. The molecule has 0 fully saturated rings. The highest BCUT2D eigenvalue weighted by atomic mass is 35.5. The van der Waals surface area contributed by atoms with Crippen LogP contribution in [0, 0.1) is 5.82 Å². The van der Waals surface area contributed by atoms with E-state index in [9.17, 15) is 14.0 Å². The molecule has 3 aromatic carbocycles. The maximum Gasteiger partial charge on any atom is 0.243 e. The minimum atomic E-state index is -0.706. The Hall–Kier alpha value is -3.18. The Morgan fingerprint density at radius 1 is 0.906 bits per heavy atom. The molecule has 2 amide bonds. The zero-order chi connectivity index (χ0) is 22.9. The third-order valence-corrected chi connectivity index (χ3v) is 5.47. The summed E-state index contributed by atoms with van der Waals surface area (Å²) in [6.45, 7) is 2.32. The average Bonchev–Trinajstić information content (AvgIpc) is 2.82. The molecule has 0 spiro atoms. The minimum absolute atomic E-state index is 0.142. The topological polar surface area (TPSA) is 49.4 Å². The highest BCUT2D eigenvalue weighted by Crippen LogP contribution is 2.17. The Morgan fingerprint density at radius 3 is 2.16 bits per heavy atom. The van der Waals surface area contributed by atoms with E-state index in [2.05, 4.69) is 5.32 Å². The summed E-state index contributed by atoms with van der Waals surface area (Å²) in [5.41, 5.74) is 2.62. The molecule has 3 rings (SSSR count). The van der Waals surface area contributed by atoms with Crippen molar-refractivity contribution < 1.29 is 14.0 Å². The fraction of sp³-hybridized carbons (Fsp3) is 0.231. The summed E-state index contributed by atoms with van der Waals surface area (Å²) in [5.74, 6) is -0.728. The van der Waals surface area contributed by atoms with Crippen LogP contribution in [-0.4, -0.2) is 22.8 Å². The number of halogens is 2. The zero-order valence-corrected chi connectivity index (χ0v) is 18.7. The predicted octanol–water partition coefficient (Wildman–Crippen LogP) is 5.15. The van der Waals surface area contributed by atoms with Crippen molar-refractivity contribution in [3.05, 3.63) is 106 Å². The summed E-state index contributed by atoms with van der Waals surface area (Å²) in [6, 6.07) is 22.1. The van der Waals surface area contributed by atoms with Crippen LogP contribution in [0.2, 0.25) is 5.02 Å². The summed E-state index contributed by atoms with van der Waals surface area (Å²) >= 11 is 5.94. The van der Waals surface area contributed by atoms with Crippen molar-refractivity contribution in [2.45, 2.75) is 38.9 Å². The molecule has 0 unspecified atom stereocenters. The van der Waals surface area contributed by atoms with Crippen molar-refractivity contribution in [2.75, 3.05) is 0 Å². The average molecular weight is 453 g/mol. The van der Waals surface area contributed by atoms with Crippen LogP contribution in [0.5, 0.6) is 0 Å². The first kappa shape index (κ1) is 23.5. The number of carbonyl (C=O) groups excluding carboxylic acids is 2. The lowest BCUT2D eigenvalue weighted by atomic mass is 10.0. The highest BCUT2D eigenvalue weighted by Gasteiger charge is 2.29. The van der Waals surface area contributed by atoms with Crippen LogP contribution >= 0.6 is 11.6 Å². The third-order valence-electron chi connectivity index (χ3n) is 5.22. The number of hydrogen-bond donors (Lipinski definition) is 1. The number of carbonyl (C=O) groups is 2. The lowest BCUT2D eigenvalue weighted by Gasteiger charge is -2.31. The van der Waals surface area contributed by atoms with Crippen LogP contribution in [0.1, 0.15) is 30.0 Å². The van der Waals surface area contributed by atoms with Gasteiger partial charge in [0.15, 0.2) is 0 Å². The van der Waals surface area contributed by atoms with Crippen molar-refractivity contribution in [1.82, 2.24) is 10.2 Å². The second-order valence-corrected chi connectivity index (χ2v) is 7.99. The molecular formula is C26H26ClFN2O2. The first-order valence-electron chi connectivity index (χ1n) is 10.6. The Kier molecular flexibility index (Phi) is 8.40. The number of amides is 2. The minimum Gasteiger partial charge on any atom is -0.350 e. The number of nitrogens with one attached hydrogen (secondary N) is 1.